The fourth-order valence-corrected chi connectivity index (χ4v) is 9.00. The predicted molar refractivity (Wildman–Crippen MR) is 239 cm³/mol. The van der Waals surface area contributed by atoms with Crippen LogP contribution in [0.3, 0.4) is 0 Å². The second kappa shape index (κ2) is 12.5. The Morgan fingerprint density at radius 2 is 0.632 bits per heavy atom. The van der Waals surface area contributed by atoms with Gasteiger partial charge in [-0.25, -0.2) is 0 Å². The Hall–Kier alpha value is -7.62. The van der Waals surface area contributed by atoms with E-state index in [0.29, 0.717) is 0 Å². The minimum absolute atomic E-state index is 0.918. The van der Waals surface area contributed by atoms with Gasteiger partial charge in [-0.1, -0.05) is 127 Å². The van der Waals surface area contributed by atoms with Crippen LogP contribution in [0.5, 0.6) is 0 Å². The van der Waals surface area contributed by atoms with E-state index in [1.807, 2.05) is 12.1 Å². The first-order valence-electron chi connectivity index (χ1n) is 19.5. The molecule has 0 unspecified atom stereocenters. The highest BCUT2D eigenvalue weighted by Crippen LogP contribution is 2.39. The van der Waals surface area contributed by atoms with Gasteiger partial charge in [-0.05, 0) is 112 Å². The number of aromatic nitrogens is 2. The zero-order chi connectivity index (χ0) is 37.5. The van der Waals surface area contributed by atoms with Crippen LogP contribution >= 0.6 is 0 Å². The number of para-hydroxylation sites is 4. The van der Waals surface area contributed by atoms with Crippen LogP contribution < -0.4 is 0 Å². The zero-order valence-electron chi connectivity index (χ0n) is 30.9. The number of hydrogen-bond acceptors (Lipinski definition) is 1. The molecule has 9 aromatic carbocycles. The predicted octanol–water partition coefficient (Wildman–Crippen LogP) is 14.8. The summed E-state index contributed by atoms with van der Waals surface area (Å²) in [5.74, 6) is 0. The number of furan rings is 1. The largest absolute Gasteiger partial charge is 0.456 e. The summed E-state index contributed by atoms with van der Waals surface area (Å²) in [6, 6.07) is 74.5. The molecule has 0 saturated heterocycles. The first-order chi connectivity index (χ1) is 28.2. The summed E-state index contributed by atoms with van der Waals surface area (Å²) < 4.78 is 10.8. The molecule has 0 aliphatic heterocycles. The van der Waals surface area contributed by atoms with E-state index in [9.17, 15) is 0 Å². The van der Waals surface area contributed by atoms with E-state index in [4.69, 9.17) is 4.42 Å². The molecule has 12 aromatic rings. The van der Waals surface area contributed by atoms with Crippen molar-refractivity contribution in [1.29, 1.82) is 0 Å². The van der Waals surface area contributed by atoms with Crippen LogP contribution in [0.25, 0.3) is 110 Å². The number of hydrogen-bond donors (Lipinski definition) is 0. The van der Waals surface area contributed by atoms with Gasteiger partial charge >= 0.3 is 0 Å². The van der Waals surface area contributed by atoms with Crippen LogP contribution in [0.15, 0.2) is 211 Å². The summed E-state index contributed by atoms with van der Waals surface area (Å²) in [6.07, 6.45) is 0. The molecule has 0 fully saturated rings. The highest BCUT2D eigenvalue weighted by Gasteiger charge is 2.16. The van der Waals surface area contributed by atoms with Gasteiger partial charge in [0.1, 0.15) is 11.2 Å². The van der Waals surface area contributed by atoms with Crippen molar-refractivity contribution < 1.29 is 4.42 Å². The third-order valence-electron chi connectivity index (χ3n) is 11.7. The lowest BCUT2D eigenvalue weighted by molar-refractivity contribution is 0.669. The van der Waals surface area contributed by atoms with Crippen molar-refractivity contribution in [2.75, 3.05) is 0 Å². The molecular weight excluding hydrogens is 693 g/mol. The summed E-state index contributed by atoms with van der Waals surface area (Å²) in [4.78, 5) is 0. The molecule has 3 aromatic heterocycles. The fourth-order valence-electron chi connectivity index (χ4n) is 9.00. The van der Waals surface area contributed by atoms with Crippen molar-refractivity contribution >= 4 is 65.6 Å². The van der Waals surface area contributed by atoms with Crippen LogP contribution in [0, 0.1) is 0 Å². The fraction of sp³-hybridized carbons (Fsp3) is 0. The van der Waals surface area contributed by atoms with Gasteiger partial charge in [0.15, 0.2) is 0 Å². The molecule has 0 bridgehead atoms. The van der Waals surface area contributed by atoms with E-state index in [1.165, 1.54) is 82.7 Å². The number of rotatable bonds is 5. The molecule has 0 atom stereocenters. The Balaban J connectivity index is 0.894. The lowest BCUT2D eigenvalue weighted by Crippen LogP contribution is -1.94. The van der Waals surface area contributed by atoms with Gasteiger partial charge in [-0.2, -0.15) is 0 Å². The van der Waals surface area contributed by atoms with E-state index in [0.717, 1.165) is 27.6 Å². The van der Waals surface area contributed by atoms with E-state index in [1.54, 1.807) is 0 Å². The highest BCUT2D eigenvalue weighted by atomic mass is 16.3. The lowest BCUT2D eigenvalue weighted by atomic mass is 9.99. The second-order valence-corrected chi connectivity index (χ2v) is 14.9. The number of nitrogens with zero attached hydrogens (tertiary/aromatic N) is 2. The maximum Gasteiger partial charge on any atom is 0.135 e. The van der Waals surface area contributed by atoms with E-state index >= 15 is 0 Å². The monoisotopic (exact) mass is 726 g/mol. The molecule has 0 N–H and O–H groups in total. The number of fused-ring (bicyclic) bond motifs is 9. The topological polar surface area (TPSA) is 23.0 Å². The first kappa shape index (κ1) is 31.7. The molecule has 0 amide bonds. The van der Waals surface area contributed by atoms with Crippen molar-refractivity contribution in [2.45, 2.75) is 0 Å². The van der Waals surface area contributed by atoms with Crippen molar-refractivity contribution in [3.8, 4) is 44.8 Å². The summed E-state index contributed by atoms with van der Waals surface area (Å²) in [7, 11) is 0. The SMILES string of the molecule is c1ccc(-n2c3ccccc3c3cc(-c4ccc5c(c4)c4ccccc4n5-c4ccc(-c5ccc(-c6ccc7oc8ccccc8c7c6)cc5)cc4)ccc32)cc1. The van der Waals surface area contributed by atoms with Crippen molar-refractivity contribution in [3.05, 3.63) is 206 Å². The quantitative estimate of drug-likeness (QED) is 0.173. The third-order valence-corrected chi connectivity index (χ3v) is 11.7. The van der Waals surface area contributed by atoms with E-state index in [-0.39, 0.29) is 0 Å². The van der Waals surface area contributed by atoms with Crippen molar-refractivity contribution in [2.24, 2.45) is 0 Å². The Morgan fingerprint density at radius 3 is 1.25 bits per heavy atom. The Kier molecular flexibility index (Phi) is 6.93. The molecule has 0 radical (unpaired) electrons. The molecule has 266 valence electrons. The van der Waals surface area contributed by atoms with Crippen LogP contribution in [-0.4, -0.2) is 9.13 Å². The van der Waals surface area contributed by atoms with Gasteiger partial charge in [-0.3, -0.25) is 0 Å². The standard InChI is InChI=1S/C54H34N2O/c1-2-10-41(11-3-1)55-49-15-7-4-12-43(49)46-32-39(24-29-51(46)55)40-25-30-52-47(33-40)44-13-5-8-16-50(44)56(52)42-27-22-36(23-28-42)35-18-20-37(21-19-35)38-26-31-54-48(34-38)45-14-6-9-17-53(45)57-54/h1-34H. The highest BCUT2D eigenvalue weighted by molar-refractivity contribution is 6.13. The van der Waals surface area contributed by atoms with Gasteiger partial charge < -0.3 is 13.6 Å². The normalized spacial score (nSPS) is 11.9. The maximum atomic E-state index is 6.06. The van der Waals surface area contributed by atoms with Gasteiger partial charge in [0.2, 0.25) is 0 Å². The Labute approximate surface area is 328 Å². The zero-order valence-corrected chi connectivity index (χ0v) is 30.9. The minimum Gasteiger partial charge on any atom is -0.456 e. The first-order valence-corrected chi connectivity index (χ1v) is 19.5. The van der Waals surface area contributed by atoms with Crippen LogP contribution in [-0.2, 0) is 0 Å². The van der Waals surface area contributed by atoms with Crippen molar-refractivity contribution in [3.63, 3.8) is 0 Å². The maximum absolute atomic E-state index is 6.06. The molecule has 3 heterocycles. The summed E-state index contributed by atoms with van der Waals surface area (Å²) >= 11 is 0. The van der Waals surface area contributed by atoms with Gasteiger partial charge in [0, 0.05) is 43.7 Å². The summed E-state index contributed by atoms with van der Waals surface area (Å²) in [5, 5.41) is 7.31. The molecular formula is C54H34N2O. The molecule has 3 heteroatoms. The van der Waals surface area contributed by atoms with Gasteiger partial charge in [-0.15, -0.1) is 0 Å². The number of benzene rings is 9. The second-order valence-electron chi connectivity index (χ2n) is 14.9. The Morgan fingerprint density at radius 1 is 0.246 bits per heavy atom. The molecule has 0 aliphatic carbocycles. The average molecular weight is 727 g/mol. The van der Waals surface area contributed by atoms with Crippen LogP contribution in [0.2, 0.25) is 0 Å². The van der Waals surface area contributed by atoms with E-state index in [2.05, 4.69) is 203 Å². The summed E-state index contributed by atoms with van der Waals surface area (Å²) in [6.45, 7) is 0. The molecule has 3 nitrogen and oxygen atoms in total. The van der Waals surface area contributed by atoms with Gasteiger partial charge in [0.05, 0.1) is 22.1 Å². The van der Waals surface area contributed by atoms with Gasteiger partial charge in [0.25, 0.3) is 0 Å². The van der Waals surface area contributed by atoms with E-state index < -0.39 is 0 Å². The molecule has 0 spiro atoms. The van der Waals surface area contributed by atoms with Crippen LogP contribution in [0.4, 0.5) is 0 Å². The van der Waals surface area contributed by atoms with Crippen LogP contribution in [0.1, 0.15) is 0 Å². The molecule has 57 heavy (non-hydrogen) atoms. The minimum atomic E-state index is 0.918. The smallest absolute Gasteiger partial charge is 0.135 e. The average Bonchev–Trinajstić information content (AvgIpc) is 3.94. The molecule has 0 aliphatic rings. The molecule has 12 rings (SSSR count). The Bertz CT molecular complexity index is 3490. The summed E-state index contributed by atoms with van der Waals surface area (Å²) in [5.41, 5.74) is 16.1. The molecule has 0 saturated carbocycles. The third kappa shape index (κ3) is 4.99. The lowest BCUT2D eigenvalue weighted by Gasteiger charge is -2.11. The van der Waals surface area contributed by atoms with Crippen molar-refractivity contribution in [1.82, 2.24) is 9.13 Å².